The van der Waals surface area contributed by atoms with Crippen molar-refractivity contribution in [3.63, 3.8) is 0 Å². The summed E-state index contributed by atoms with van der Waals surface area (Å²) in [5.74, 6) is 0.752. The highest BCUT2D eigenvalue weighted by atomic mass is 15.4. The predicted molar refractivity (Wildman–Crippen MR) is 87.9 cm³/mol. The molecule has 1 aromatic rings. The third kappa shape index (κ3) is 9.11. The van der Waals surface area contributed by atoms with Gasteiger partial charge in [-0.1, -0.05) is 71.9 Å². The SMILES string of the molecule is CC.CCCCCCCCn1nncc1CCC(C)C. The first-order valence-electron chi connectivity index (χ1n) is 8.61. The lowest BCUT2D eigenvalue weighted by Crippen LogP contribution is -2.06. The zero-order valence-corrected chi connectivity index (χ0v) is 14.4. The largest absolute Gasteiger partial charge is 0.249 e. The number of hydrogen-bond acceptors (Lipinski definition) is 2. The van der Waals surface area contributed by atoms with Crippen LogP contribution in [0.4, 0.5) is 0 Å². The molecule has 118 valence electrons. The summed E-state index contributed by atoms with van der Waals surface area (Å²) in [5, 5.41) is 8.24. The Balaban J connectivity index is 0.00000172. The molecule has 0 saturated carbocycles. The molecule has 0 aliphatic rings. The molecule has 1 heterocycles. The van der Waals surface area contributed by atoms with Crippen molar-refractivity contribution in [3.8, 4) is 0 Å². The highest BCUT2D eigenvalue weighted by Gasteiger charge is 2.04. The number of aromatic nitrogens is 3. The number of rotatable bonds is 10. The predicted octanol–water partition coefficient (Wildman–Crippen LogP) is 5.25. The van der Waals surface area contributed by atoms with E-state index in [0.29, 0.717) is 0 Å². The maximum atomic E-state index is 4.19. The first-order valence-corrected chi connectivity index (χ1v) is 8.61. The van der Waals surface area contributed by atoms with Crippen molar-refractivity contribution in [1.82, 2.24) is 15.0 Å². The van der Waals surface area contributed by atoms with Gasteiger partial charge in [0.2, 0.25) is 0 Å². The minimum Gasteiger partial charge on any atom is -0.249 e. The zero-order valence-electron chi connectivity index (χ0n) is 14.4. The van der Waals surface area contributed by atoms with E-state index in [0.717, 1.165) is 18.9 Å². The van der Waals surface area contributed by atoms with Gasteiger partial charge in [0.15, 0.2) is 0 Å². The molecule has 0 N–H and O–H groups in total. The lowest BCUT2D eigenvalue weighted by atomic mass is 10.1. The third-order valence-electron chi connectivity index (χ3n) is 3.40. The molecule has 1 aromatic heterocycles. The van der Waals surface area contributed by atoms with Crippen LogP contribution in [0.3, 0.4) is 0 Å². The van der Waals surface area contributed by atoms with Crippen LogP contribution in [-0.4, -0.2) is 15.0 Å². The van der Waals surface area contributed by atoms with E-state index in [1.165, 1.54) is 50.6 Å². The summed E-state index contributed by atoms with van der Waals surface area (Å²) >= 11 is 0. The number of hydrogen-bond donors (Lipinski definition) is 0. The molecular formula is C17H35N3. The Morgan fingerprint density at radius 3 is 2.35 bits per heavy atom. The molecule has 0 atom stereocenters. The number of aryl methyl sites for hydroxylation is 2. The van der Waals surface area contributed by atoms with Gasteiger partial charge < -0.3 is 0 Å². The van der Waals surface area contributed by atoms with Crippen LogP contribution >= 0.6 is 0 Å². The van der Waals surface area contributed by atoms with Crippen LogP contribution < -0.4 is 0 Å². The zero-order chi connectivity index (χ0) is 15.2. The van der Waals surface area contributed by atoms with E-state index >= 15 is 0 Å². The Labute approximate surface area is 126 Å². The van der Waals surface area contributed by atoms with Gasteiger partial charge in [-0.05, 0) is 25.2 Å². The minimum atomic E-state index is 0.752. The lowest BCUT2D eigenvalue weighted by Gasteiger charge is -2.07. The highest BCUT2D eigenvalue weighted by Crippen LogP contribution is 2.10. The van der Waals surface area contributed by atoms with Crippen LogP contribution in [-0.2, 0) is 13.0 Å². The second kappa shape index (κ2) is 13.1. The van der Waals surface area contributed by atoms with Crippen LogP contribution in [0.2, 0.25) is 0 Å². The first-order chi connectivity index (χ1) is 9.74. The normalized spacial score (nSPS) is 10.5. The van der Waals surface area contributed by atoms with Gasteiger partial charge in [-0.2, -0.15) is 0 Å². The molecule has 0 aliphatic carbocycles. The van der Waals surface area contributed by atoms with Crippen molar-refractivity contribution in [2.45, 2.75) is 92.5 Å². The van der Waals surface area contributed by atoms with Crippen molar-refractivity contribution in [3.05, 3.63) is 11.9 Å². The van der Waals surface area contributed by atoms with Crippen molar-refractivity contribution in [2.75, 3.05) is 0 Å². The molecule has 0 aliphatic heterocycles. The second-order valence-electron chi connectivity index (χ2n) is 5.65. The summed E-state index contributed by atoms with van der Waals surface area (Å²) in [5.41, 5.74) is 1.30. The van der Waals surface area contributed by atoms with Gasteiger partial charge in [0, 0.05) is 6.54 Å². The molecule has 20 heavy (non-hydrogen) atoms. The Bertz CT molecular complexity index is 305. The van der Waals surface area contributed by atoms with Gasteiger partial charge in [-0.3, -0.25) is 0 Å². The molecule has 0 fully saturated rings. The monoisotopic (exact) mass is 281 g/mol. The summed E-state index contributed by atoms with van der Waals surface area (Å²) in [7, 11) is 0. The van der Waals surface area contributed by atoms with Crippen LogP contribution in [0, 0.1) is 5.92 Å². The van der Waals surface area contributed by atoms with E-state index < -0.39 is 0 Å². The van der Waals surface area contributed by atoms with Gasteiger partial charge in [0.25, 0.3) is 0 Å². The molecule has 0 radical (unpaired) electrons. The fraction of sp³-hybridized carbons (Fsp3) is 0.882. The molecule has 0 amide bonds. The summed E-state index contributed by atoms with van der Waals surface area (Å²) in [4.78, 5) is 0. The minimum absolute atomic E-state index is 0.752. The Morgan fingerprint density at radius 2 is 1.70 bits per heavy atom. The highest BCUT2D eigenvalue weighted by molar-refractivity contribution is 4.94. The van der Waals surface area contributed by atoms with Crippen LogP contribution in [0.25, 0.3) is 0 Å². The molecule has 0 spiro atoms. The van der Waals surface area contributed by atoms with E-state index in [4.69, 9.17) is 0 Å². The molecule has 1 rings (SSSR count). The van der Waals surface area contributed by atoms with Crippen LogP contribution in [0.5, 0.6) is 0 Å². The quantitative estimate of drug-likeness (QED) is 0.548. The van der Waals surface area contributed by atoms with Crippen molar-refractivity contribution in [1.29, 1.82) is 0 Å². The van der Waals surface area contributed by atoms with Gasteiger partial charge in [-0.15, -0.1) is 5.10 Å². The molecular weight excluding hydrogens is 246 g/mol. The summed E-state index contributed by atoms with van der Waals surface area (Å²) in [6.07, 6.45) is 12.3. The summed E-state index contributed by atoms with van der Waals surface area (Å²) in [6.45, 7) is 11.8. The first kappa shape index (κ1) is 19.1. The van der Waals surface area contributed by atoms with Crippen molar-refractivity contribution < 1.29 is 0 Å². The van der Waals surface area contributed by atoms with Crippen molar-refractivity contribution >= 4 is 0 Å². The topological polar surface area (TPSA) is 30.7 Å². The maximum Gasteiger partial charge on any atom is 0.0725 e. The fourth-order valence-electron chi connectivity index (χ4n) is 2.14. The number of nitrogens with zero attached hydrogens (tertiary/aromatic N) is 3. The molecule has 3 nitrogen and oxygen atoms in total. The van der Waals surface area contributed by atoms with E-state index in [1.54, 1.807) is 0 Å². The average molecular weight is 281 g/mol. The molecule has 0 bridgehead atoms. The fourth-order valence-corrected chi connectivity index (χ4v) is 2.14. The van der Waals surface area contributed by atoms with E-state index in [9.17, 15) is 0 Å². The average Bonchev–Trinajstić information content (AvgIpc) is 2.90. The molecule has 0 saturated heterocycles. The Kier molecular flexibility index (Phi) is 12.6. The standard InChI is InChI=1S/C15H29N3.C2H6/c1-4-5-6-7-8-9-12-18-15(13-16-17-18)11-10-14(2)3;1-2/h13-14H,4-12H2,1-3H3;1-2H3. The third-order valence-corrected chi connectivity index (χ3v) is 3.40. The molecule has 0 unspecified atom stereocenters. The Morgan fingerprint density at radius 1 is 1.05 bits per heavy atom. The Hall–Kier alpha value is -0.860. The van der Waals surface area contributed by atoms with Crippen LogP contribution in [0.1, 0.15) is 85.3 Å². The van der Waals surface area contributed by atoms with E-state index in [-0.39, 0.29) is 0 Å². The maximum absolute atomic E-state index is 4.19. The van der Waals surface area contributed by atoms with Gasteiger partial charge in [0.1, 0.15) is 0 Å². The second-order valence-corrected chi connectivity index (χ2v) is 5.65. The smallest absolute Gasteiger partial charge is 0.0725 e. The summed E-state index contributed by atoms with van der Waals surface area (Å²) in [6, 6.07) is 0. The van der Waals surface area contributed by atoms with E-state index in [1.807, 2.05) is 20.0 Å². The summed E-state index contributed by atoms with van der Waals surface area (Å²) < 4.78 is 2.10. The van der Waals surface area contributed by atoms with Crippen LogP contribution in [0.15, 0.2) is 6.20 Å². The van der Waals surface area contributed by atoms with Gasteiger partial charge in [-0.25, -0.2) is 4.68 Å². The molecule has 3 heteroatoms. The molecule has 0 aromatic carbocycles. The van der Waals surface area contributed by atoms with Gasteiger partial charge >= 0.3 is 0 Å². The lowest BCUT2D eigenvalue weighted by molar-refractivity contribution is 0.490. The van der Waals surface area contributed by atoms with E-state index in [2.05, 4.69) is 35.8 Å². The van der Waals surface area contributed by atoms with Gasteiger partial charge in [0.05, 0.1) is 11.9 Å². The number of unbranched alkanes of at least 4 members (excludes halogenated alkanes) is 5. The van der Waals surface area contributed by atoms with Crippen molar-refractivity contribution in [2.24, 2.45) is 5.92 Å².